The van der Waals surface area contributed by atoms with Crippen molar-refractivity contribution in [2.45, 2.75) is 39.3 Å². The van der Waals surface area contributed by atoms with Crippen LogP contribution in [0.25, 0.3) is 0 Å². The topological polar surface area (TPSA) is 101 Å². The monoisotopic (exact) mass is 383 g/mol. The van der Waals surface area contributed by atoms with Crippen molar-refractivity contribution >= 4 is 33.7 Å². The van der Waals surface area contributed by atoms with E-state index in [0.29, 0.717) is 0 Å². The summed E-state index contributed by atoms with van der Waals surface area (Å²) in [5, 5.41) is 5.22. The number of halogens is 1. The first kappa shape index (κ1) is 19.2. The molecular formula is C16H22BrN3O3. The molecular weight excluding hydrogens is 362 g/mol. The van der Waals surface area contributed by atoms with E-state index in [4.69, 9.17) is 5.73 Å². The molecule has 0 aromatic heterocycles. The molecule has 3 amide bonds. The lowest BCUT2D eigenvalue weighted by molar-refractivity contribution is -0.131. The number of hydrogen-bond donors (Lipinski definition) is 3. The standard InChI is InChI=1S/C16H22BrN3O3/c1-9(2)14(19-10(3)21)16(23)20-13(15(18)22)8-11-6-4-5-7-12(11)17/h4-7,9,13-14H,8H2,1-3H3,(H2,18,22)(H,19,21)(H,20,23)/t13-,14-/m1/s1. The first-order valence-corrected chi connectivity index (χ1v) is 8.11. The summed E-state index contributed by atoms with van der Waals surface area (Å²) in [7, 11) is 0. The molecule has 4 N–H and O–H groups in total. The highest BCUT2D eigenvalue weighted by atomic mass is 79.9. The predicted molar refractivity (Wildman–Crippen MR) is 91.4 cm³/mol. The highest BCUT2D eigenvalue weighted by Gasteiger charge is 2.27. The van der Waals surface area contributed by atoms with Gasteiger partial charge < -0.3 is 16.4 Å². The Balaban J connectivity index is 2.86. The van der Waals surface area contributed by atoms with Crippen LogP contribution in [0.5, 0.6) is 0 Å². The molecule has 0 saturated carbocycles. The fourth-order valence-corrected chi connectivity index (χ4v) is 2.57. The number of carbonyl (C=O) groups excluding carboxylic acids is 3. The normalized spacial score (nSPS) is 13.3. The molecule has 0 bridgehead atoms. The van der Waals surface area contributed by atoms with E-state index in [1.165, 1.54) is 6.92 Å². The van der Waals surface area contributed by atoms with Crippen LogP contribution in [0.1, 0.15) is 26.3 Å². The largest absolute Gasteiger partial charge is 0.368 e. The molecule has 2 atom stereocenters. The van der Waals surface area contributed by atoms with Crippen LogP contribution >= 0.6 is 15.9 Å². The van der Waals surface area contributed by atoms with Crippen LogP contribution in [0.3, 0.4) is 0 Å². The van der Waals surface area contributed by atoms with E-state index >= 15 is 0 Å². The van der Waals surface area contributed by atoms with Crippen molar-refractivity contribution < 1.29 is 14.4 Å². The van der Waals surface area contributed by atoms with Crippen LogP contribution in [0.4, 0.5) is 0 Å². The Labute approximate surface area is 144 Å². The molecule has 1 aromatic carbocycles. The predicted octanol–water partition coefficient (Wildman–Crippen LogP) is 1.12. The van der Waals surface area contributed by atoms with Gasteiger partial charge in [-0.05, 0) is 17.5 Å². The van der Waals surface area contributed by atoms with Gasteiger partial charge in [-0.3, -0.25) is 14.4 Å². The second-order valence-corrected chi connectivity index (χ2v) is 6.54. The zero-order chi connectivity index (χ0) is 17.6. The van der Waals surface area contributed by atoms with Crippen molar-refractivity contribution in [3.63, 3.8) is 0 Å². The van der Waals surface area contributed by atoms with Crippen molar-refractivity contribution in [1.29, 1.82) is 0 Å². The van der Waals surface area contributed by atoms with Crippen molar-refractivity contribution in [2.75, 3.05) is 0 Å². The molecule has 0 aliphatic rings. The highest BCUT2D eigenvalue weighted by molar-refractivity contribution is 9.10. The third kappa shape index (κ3) is 6.02. The van der Waals surface area contributed by atoms with Gasteiger partial charge in [0.15, 0.2) is 0 Å². The van der Waals surface area contributed by atoms with Gasteiger partial charge in [-0.2, -0.15) is 0 Å². The highest BCUT2D eigenvalue weighted by Crippen LogP contribution is 2.17. The van der Waals surface area contributed by atoms with Crippen LogP contribution in [0.15, 0.2) is 28.7 Å². The third-order valence-electron chi connectivity index (χ3n) is 3.35. The Bertz CT molecular complexity index is 590. The van der Waals surface area contributed by atoms with E-state index in [-0.39, 0.29) is 18.2 Å². The zero-order valence-electron chi connectivity index (χ0n) is 13.4. The van der Waals surface area contributed by atoms with Crippen LogP contribution < -0.4 is 16.4 Å². The summed E-state index contributed by atoms with van der Waals surface area (Å²) in [6, 6.07) is 5.83. The SMILES string of the molecule is CC(=O)N[C@@H](C(=O)N[C@H](Cc1ccccc1Br)C(N)=O)C(C)C. The number of nitrogens with two attached hydrogens (primary N) is 1. The molecule has 0 spiro atoms. The molecule has 1 rings (SSSR count). The first-order chi connectivity index (χ1) is 10.7. The molecule has 1 aromatic rings. The Morgan fingerprint density at radius 3 is 2.26 bits per heavy atom. The van der Waals surface area contributed by atoms with Crippen molar-refractivity contribution in [1.82, 2.24) is 10.6 Å². The van der Waals surface area contributed by atoms with Crippen LogP contribution in [-0.2, 0) is 20.8 Å². The molecule has 0 fully saturated rings. The van der Waals surface area contributed by atoms with Crippen molar-refractivity contribution in [2.24, 2.45) is 11.7 Å². The van der Waals surface area contributed by atoms with Gasteiger partial charge in [-0.1, -0.05) is 48.0 Å². The van der Waals surface area contributed by atoms with E-state index in [2.05, 4.69) is 26.6 Å². The Morgan fingerprint density at radius 1 is 1.17 bits per heavy atom. The van der Waals surface area contributed by atoms with Gasteiger partial charge in [0.1, 0.15) is 12.1 Å². The molecule has 0 saturated heterocycles. The van der Waals surface area contributed by atoms with Gasteiger partial charge in [0, 0.05) is 17.8 Å². The summed E-state index contributed by atoms with van der Waals surface area (Å²) in [4.78, 5) is 35.3. The molecule has 0 aliphatic carbocycles. The van der Waals surface area contributed by atoms with E-state index < -0.39 is 23.9 Å². The molecule has 126 valence electrons. The maximum atomic E-state index is 12.4. The van der Waals surface area contributed by atoms with Gasteiger partial charge in [-0.25, -0.2) is 0 Å². The number of rotatable bonds is 7. The van der Waals surface area contributed by atoms with Crippen LogP contribution in [0.2, 0.25) is 0 Å². The number of primary amides is 1. The Kier molecular flexibility index (Phi) is 7.22. The maximum Gasteiger partial charge on any atom is 0.243 e. The fourth-order valence-electron chi connectivity index (χ4n) is 2.12. The van der Waals surface area contributed by atoms with E-state index in [1.54, 1.807) is 0 Å². The second-order valence-electron chi connectivity index (χ2n) is 5.68. The van der Waals surface area contributed by atoms with Gasteiger partial charge in [-0.15, -0.1) is 0 Å². The van der Waals surface area contributed by atoms with Gasteiger partial charge >= 0.3 is 0 Å². The van der Waals surface area contributed by atoms with E-state index in [0.717, 1.165) is 10.0 Å². The second kappa shape index (κ2) is 8.67. The van der Waals surface area contributed by atoms with E-state index in [9.17, 15) is 14.4 Å². The third-order valence-corrected chi connectivity index (χ3v) is 4.12. The summed E-state index contributed by atoms with van der Waals surface area (Å²) >= 11 is 3.40. The van der Waals surface area contributed by atoms with Crippen LogP contribution in [0, 0.1) is 5.92 Å². The molecule has 0 aliphatic heterocycles. The lowest BCUT2D eigenvalue weighted by atomic mass is 10.0. The van der Waals surface area contributed by atoms with Gasteiger partial charge in [0.2, 0.25) is 17.7 Å². The average molecular weight is 384 g/mol. The zero-order valence-corrected chi connectivity index (χ0v) is 15.0. The number of nitrogens with one attached hydrogen (secondary N) is 2. The molecule has 0 heterocycles. The minimum Gasteiger partial charge on any atom is -0.368 e. The minimum absolute atomic E-state index is 0.115. The van der Waals surface area contributed by atoms with Crippen LogP contribution in [-0.4, -0.2) is 29.8 Å². The van der Waals surface area contributed by atoms with Gasteiger partial charge in [0.25, 0.3) is 0 Å². The first-order valence-electron chi connectivity index (χ1n) is 7.32. The Hall–Kier alpha value is -1.89. The van der Waals surface area contributed by atoms with Crippen molar-refractivity contribution in [3.05, 3.63) is 34.3 Å². The molecule has 0 radical (unpaired) electrons. The van der Waals surface area contributed by atoms with E-state index in [1.807, 2.05) is 38.1 Å². The summed E-state index contributed by atoms with van der Waals surface area (Å²) < 4.78 is 0.836. The van der Waals surface area contributed by atoms with Crippen molar-refractivity contribution in [3.8, 4) is 0 Å². The quantitative estimate of drug-likeness (QED) is 0.657. The summed E-state index contributed by atoms with van der Waals surface area (Å²) in [6.07, 6.45) is 0.271. The number of hydrogen-bond acceptors (Lipinski definition) is 3. The van der Waals surface area contributed by atoms with Gasteiger partial charge in [0.05, 0.1) is 0 Å². The summed E-state index contributed by atoms with van der Waals surface area (Å²) in [5.41, 5.74) is 6.26. The average Bonchev–Trinajstić information content (AvgIpc) is 2.45. The fraction of sp³-hybridized carbons (Fsp3) is 0.438. The molecule has 6 nitrogen and oxygen atoms in total. The minimum atomic E-state index is -0.851. The number of amides is 3. The number of benzene rings is 1. The lowest BCUT2D eigenvalue weighted by Gasteiger charge is -2.24. The smallest absolute Gasteiger partial charge is 0.243 e. The number of carbonyl (C=O) groups is 3. The molecule has 23 heavy (non-hydrogen) atoms. The maximum absolute atomic E-state index is 12.4. The molecule has 0 unspecified atom stereocenters. The summed E-state index contributed by atoms with van der Waals surface area (Å²) in [5.74, 6) is -1.47. The summed E-state index contributed by atoms with van der Waals surface area (Å²) in [6.45, 7) is 4.97. The lowest BCUT2D eigenvalue weighted by Crippen LogP contribution is -2.55. The molecule has 7 heteroatoms. The Morgan fingerprint density at radius 2 is 1.78 bits per heavy atom.